The summed E-state index contributed by atoms with van der Waals surface area (Å²) in [6.45, 7) is 4.41. The Labute approximate surface area is 80.7 Å². The third-order valence-corrected chi connectivity index (χ3v) is 2.08. The molecule has 0 bridgehead atoms. The predicted molar refractivity (Wildman–Crippen MR) is 52.6 cm³/mol. The zero-order valence-electron chi connectivity index (χ0n) is 8.70. The standard InChI is InChI=1S/C10H22O3/c1-3-5-6-10(7-11)13-8-9(12)4-2/h9-12H,3-8H2,1-2H3. The molecule has 0 aliphatic carbocycles. The monoisotopic (exact) mass is 190 g/mol. The molecule has 2 N–H and O–H groups in total. The van der Waals surface area contributed by atoms with Gasteiger partial charge in [-0.1, -0.05) is 26.7 Å². The van der Waals surface area contributed by atoms with Crippen molar-refractivity contribution in [2.24, 2.45) is 0 Å². The second-order valence-corrected chi connectivity index (χ2v) is 3.34. The highest BCUT2D eigenvalue weighted by molar-refractivity contribution is 4.58. The van der Waals surface area contributed by atoms with Gasteiger partial charge in [0.05, 0.1) is 25.4 Å². The molecule has 0 amide bonds. The van der Waals surface area contributed by atoms with E-state index in [1.54, 1.807) is 0 Å². The molecular weight excluding hydrogens is 168 g/mol. The van der Waals surface area contributed by atoms with Gasteiger partial charge in [-0.05, 0) is 12.8 Å². The maximum atomic E-state index is 9.22. The van der Waals surface area contributed by atoms with Crippen molar-refractivity contribution in [3.8, 4) is 0 Å². The van der Waals surface area contributed by atoms with Crippen LogP contribution >= 0.6 is 0 Å². The molecule has 0 aromatic heterocycles. The number of aliphatic hydroxyl groups is 2. The Balaban J connectivity index is 3.46. The van der Waals surface area contributed by atoms with Gasteiger partial charge in [0, 0.05) is 0 Å². The summed E-state index contributed by atoms with van der Waals surface area (Å²) in [5.74, 6) is 0. The fourth-order valence-corrected chi connectivity index (χ4v) is 1.02. The van der Waals surface area contributed by atoms with Crippen LogP contribution in [0.1, 0.15) is 39.5 Å². The Morgan fingerprint density at radius 1 is 1.31 bits per heavy atom. The molecule has 0 aliphatic heterocycles. The van der Waals surface area contributed by atoms with Crippen LogP contribution in [0.4, 0.5) is 0 Å². The van der Waals surface area contributed by atoms with Gasteiger partial charge in [0.1, 0.15) is 0 Å². The lowest BCUT2D eigenvalue weighted by Gasteiger charge is -2.16. The van der Waals surface area contributed by atoms with Crippen LogP contribution in [0.15, 0.2) is 0 Å². The van der Waals surface area contributed by atoms with E-state index in [1.807, 2.05) is 6.92 Å². The van der Waals surface area contributed by atoms with Gasteiger partial charge >= 0.3 is 0 Å². The third kappa shape index (κ3) is 6.99. The van der Waals surface area contributed by atoms with Crippen molar-refractivity contribution in [1.29, 1.82) is 0 Å². The molecule has 0 saturated heterocycles. The summed E-state index contributed by atoms with van der Waals surface area (Å²) < 4.78 is 5.35. The summed E-state index contributed by atoms with van der Waals surface area (Å²) in [5, 5.41) is 18.2. The van der Waals surface area contributed by atoms with E-state index in [4.69, 9.17) is 9.84 Å². The van der Waals surface area contributed by atoms with Gasteiger partial charge in [0.2, 0.25) is 0 Å². The van der Waals surface area contributed by atoms with E-state index in [0.29, 0.717) is 13.0 Å². The molecule has 2 unspecified atom stereocenters. The smallest absolute Gasteiger partial charge is 0.0807 e. The second-order valence-electron chi connectivity index (χ2n) is 3.34. The van der Waals surface area contributed by atoms with Gasteiger partial charge in [0.25, 0.3) is 0 Å². The van der Waals surface area contributed by atoms with E-state index in [-0.39, 0.29) is 12.7 Å². The van der Waals surface area contributed by atoms with Crippen molar-refractivity contribution >= 4 is 0 Å². The van der Waals surface area contributed by atoms with Crippen LogP contribution in [0.2, 0.25) is 0 Å². The SMILES string of the molecule is CCCCC(CO)OCC(O)CC. The normalized spacial score (nSPS) is 15.7. The number of aliphatic hydroxyl groups excluding tert-OH is 2. The summed E-state index contributed by atoms with van der Waals surface area (Å²) in [7, 11) is 0. The second kappa shape index (κ2) is 8.48. The van der Waals surface area contributed by atoms with Gasteiger partial charge in [-0.3, -0.25) is 0 Å². The van der Waals surface area contributed by atoms with Crippen molar-refractivity contribution in [3.63, 3.8) is 0 Å². The van der Waals surface area contributed by atoms with E-state index in [0.717, 1.165) is 19.3 Å². The van der Waals surface area contributed by atoms with Crippen LogP contribution in [-0.2, 0) is 4.74 Å². The van der Waals surface area contributed by atoms with Gasteiger partial charge in [-0.25, -0.2) is 0 Å². The number of unbranched alkanes of at least 4 members (excludes halogenated alkanes) is 1. The molecule has 3 heteroatoms. The number of hydrogen-bond acceptors (Lipinski definition) is 3. The Bertz CT molecular complexity index is 106. The lowest BCUT2D eigenvalue weighted by molar-refractivity contribution is -0.0363. The van der Waals surface area contributed by atoms with E-state index in [1.165, 1.54) is 0 Å². The predicted octanol–water partition coefficient (Wildman–Crippen LogP) is 1.32. The molecule has 0 rings (SSSR count). The lowest BCUT2D eigenvalue weighted by atomic mass is 10.2. The summed E-state index contributed by atoms with van der Waals surface area (Å²) in [6.07, 6.45) is 3.26. The van der Waals surface area contributed by atoms with E-state index in [9.17, 15) is 5.11 Å². The first-order valence-electron chi connectivity index (χ1n) is 5.15. The Kier molecular flexibility index (Phi) is 8.40. The quantitative estimate of drug-likeness (QED) is 0.607. The van der Waals surface area contributed by atoms with Crippen LogP contribution in [-0.4, -0.2) is 35.6 Å². The first kappa shape index (κ1) is 12.9. The summed E-state index contributed by atoms with van der Waals surface area (Å²) >= 11 is 0. The molecule has 0 radical (unpaired) electrons. The third-order valence-electron chi connectivity index (χ3n) is 2.08. The maximum absolute atomic E-state index is 9.22. The summed E-state index contributed by atoms with van der Waals surface area (Å²) in [6, 6.07) is 0. The minimum Gasteiger partial charge on any atom is -0.394 e. The molecule has 0 spiro atoms. The summed E-state index contributed by atoms with van der Waals surface area (Å²) in [5.41, 5.74) is 0. The molecule has 0 fully saturated rings. The van der Waals surface area contributed by atoms with E-state index >= 15 is 0 Å². The fourth-order valence-electron chi connectivity index (χ4n) is 1.02. The zero-order chi connectivity index (χ0) is 10.1. The zero-order valence-corrected chi connectivity index (χ0v) is 8.70. The summed E-state index contributed by atoms with van der Waals surface area (Å²) in [4.78, 5) is 0. The number of ether oxygens (including phenoxy) is 1. The highest BCUT2D eigenvalue weighted by Gasteiger charge is 2.09. The van der Waals surface area contributed by atoms with E-state index in [2.05, 4.69) is 6.92 Å². The Morgan fingerprint density at radius 3 is 2.46 bits per heavy atom. The maximum Gasteiger partial charge on any atom is 0.0807 e. The number of rotatable bonds is 8. The molecule has 80 valence electrons. The molecule has 0 saturated carbocycles. The first-order chi connectivity index (χ1) is 6.24. The van der Waals surface area contributed by atoms with Gasteiger partial charge in [-0.15, -0.1) is 0 Å². The van der Waals surface area contributed by atoms with Gasteiger partial charge < -0.3 is 14.9 Å². The minimum absolute atomic E-state index is 0.0520. The van der Waals surface area contributed by atoms with Crippen LogP contribution < -0.4 is 0 Å². The lowest BCUT2D eigenvalue weighted by Crippen LogP contribution is -2.23. The molecule has 2 atom stereocenters. The molecule has 3 nitrogen and oxygen atoms in total. The van der Waals surface area contributed by atoms with Gasteiger partial charge in [-0.2, -0.15) is 0 Å². The van der Waals surface area contributed by atoms with Crippen LogP contribution in [0, 0.1) is 0 Å². The van der Waals surface area contributed by atoms with Crippen molar-refractivity contribution in [1.82, 2.24) is 0 Å². The average Bonchev–Trinajstić information content (AvgIpc) is 2.17. The highest BCUT2D eigenvalue weighted by atomic mass is 16.5. The largest absolute Gasteiger partial charge is 0.394 e. The molecule has 13 heavy (non-hydrogen) atoms. The Hall–Kier alpha value is -0.120. The van der Waals surface area contributed by atoms with E-state index < -0.39 is 6.10 Å². The number of hydrogen-bond donors (Lipinski definition) is 2. The van der Waals surface area contributed by atoms with Crippen molar-refractivity contribution in [3.05, 3.63) is 0 Å². The fraction of sp³-hybridized carbons (Fsp3) is 1.00. The minimum atomic E-state index is -0.393. The van der Waals surface area contributed by atoms with Crippen molar-refractivity contribution in [2.75, 3.05) is 13.2 Å². The molecule has 0 aromatic rings. The molecule has 0 aromatic carbocycles. The molecular formula is C10H22O3. The van der Waals surface area contributed by atoms with Crippen molar-refractivity contribution < 1.29 is 14.9 Å². The average molecular weight is 190 g/mol. The Morgan fingerprint density at radius 2 is 2.00 bits per heavy atom. The topological polar surface area (TPSA) is 49.7 Å². The van der Waals surface area contributed by atoms with Crippen LogP contribution in [0.3, 0.4) is 0 Å². The van der Waals surface area contributed by atoms with Crippen LogP contribution in [0.5, 0.6) is 0 Å². The molecule has 0 heterocycles. The van der Waals surface area contributed by atoms with Crippen molar-refractivity contribution in [2.45, 2.75) is 51.7 Å². The first-order valence-corrected chi connectivity index (χ1v) is 5.15. The molecule has 0 aliphatic rings. The van der Waals surface area contributed by atoms with Crippen LogP contribution in [0.25, 0.3) is 0 Å². The van der Waals surface area contributed by atoms with Gasteiger partial charge in [0.15, 0.2) is 0 Å². The highest BCUT2D eigenvalue weighted by Crippen LogP contribution is 2.05.